The molecule has 2 aromatic rings. The van der Waals surface area contributed by atoms with E-state index in [0.717, 1.165) is 3.57 Å². The largest absolute Gasteiger partial charge is 0.389 e. The summed E-state index contributed by atoms with van der Waals surface area (Å²) in [6.45, 7) is 0. The Morgan fingerprint density at radius 2 is 1.90 bits per heavy atom. The summed E-state index contributed by atoms with van der Waals surface area (Å²) in [6, 6.07) is 11.3. The van der Waals surface area contributed by atoms with Crippen molar-refractivity contribution in [2.75, 3.05) is 4.72 Å². The minimum Gasteiger partial charge on any atom is -0.389 e. The second kappa shape index (κ2) is 6.47. The summed E-state index contributed by atoms with van der Waals surface area (Å²) in [5, 5.41) is 0.202. The molecule has 0 saturated carbocycles. The Bertz CT molecular complexity index is 810. The van der Waals surface area contributed by atoms with Gasteiger partial charge in [-0.25, -0.2) is 8.42 Å². The molecular formula is C13H10ClIN2O2S2. The van der Waals surface area contributed by atoms with Gasteiger partial charge in [0.2, 0.25) is 0 Å². The van der Waals surface area contributed by atoms with Crippen LogP contribution in [0.3, 0.4) is 0 Å². The van der Waals surface area contributed by atoms with Crippen LogP contribution in [0.1, 0.15) is 5.56 Å². The maximum absolute atomic E-state index is 12.3. The van der Waals surface area contributed by atoms with Crippen molar-refractivity contribution < 1.29 is 8.42 Å². The molecule has 3 N–H and O–H groups in total. The number of rotatable bonds is 4. The highest BCUT2D eigenvalue weighted by Gasteiger charge is 2.17. The summed E-state index contributed by atoms with van der Waals surface area (Å²) in [6.07, 6.45) is 0. The van der Waals surface area contributed by atoms with Gasteiger partial charge in [-0.15, -0.1) is 0 Å². The number of benzene rings is 2. The molecule has 0 fully saturated rings. The first kappa shape index (κ1) is 16.5. The van der Waals surface area contributed by atoms with Gasteiger partial charge >= 0.3 is 0 Å². The molecule has 8 heteroatoms. The molecule has 0 amide bonds. The molecule has 0 atom stereocenters. The lowest BCUT2D eigenvalue weighted by molar-refractivity contribution is 0.601. The van der Waals surface area contributed by atoms with Crippen LogP contribution in [0.4, 0.5) is 5.69 Å². The molecule has 0 unspecified atom stereocenters. The third-order valence-corrected chi connectivity index (χ3v) is 5.47. The number of thiocarbonyl (C=S) groups is 1. The van der Waals surface area contributed by atoms with Crippen LogP contribution in [-0.4, -0.2) is 13.4 Å². The second-order valence-corrected chi connectivity index (χ2v) is 7.78. The van der Waals surface area contributed by atoms with Gasteiger partial charge in [-0.1, -0.05) is 36.0 Å². The van der Waals surface area contributed by atoms with Gasteiger partial charge in [-0.2, -0.15) is 0 Å². The molecule has 2 rings (SSSR count). The van der Waals surface area contributed by atoms with Crippen molar-refractivity contribution in [3.8, 4) is 0 Å². The lowest BCUT2D eigenvalue weighted by Gasteiger charge is -2.11. The van der Waals surface area contributed by atoms with Crippen LogP contribution in [-0.2, 0) is 10.0 Å². The smallest absolute Gasteiger partial charge is 0.261 e. The van der Waals surface area contributed by atoms with E-state index in [4.69, 9.17) is 29.6 Å². The second-order valence-electron chi connectivity index (χ2n) is 4.09. The summed E-state index contributed by atoms with van der Waals surface area (Å²) in [5.74, 6) is 0. The van der Waals surface area contributed by atoms with Crippen LogP contribution < -0.4 is 10.5 Å². The van der Waals surface area contributed by atoms with Gasteiger partial charge < -0.3 is 5.73 Å². The number of nitrogens with two attached hydrogens (primary N) is 1. The SMILES string of the molecule is NC(=S)c1ccc(S(=O)(=O)Nc2ccccc2I)cc1Cl. The van der Waals surface area contributed by atoms with E-state index in [0.29, 0.717) is 11.3 Å². The predicted molar refractivity (Wildman–Crippen MR) is 97.3 cm³/mol. The maximum atomic E-state index is 12.3. The number of sulfonamides is 1. The molecule has 0 radical (unpaired) electrons. The standard InChI is InChI=1S/C13H10ClIN2O2S2/c14-10-7-8(5-6-9(10)13(16)20)21(18,19)17-12-4-2-1-3-11(12)15/h1-7,17H,(H2,16,20). The third-order valence-electron chi connectivity index (χ3n) is 2.63. The van der Waals surface area contributed by atoms with E-state index in [2.05, 4.69) is 27.3 Å². The first-order chi connectivity index (χ1) is 9.81. The molecule has 0 aliphatic rings. The van der Waals surface area contributed by atoms with Gasteiger partial charge in [0.05, 0.1) is 15.6 Å². The van der Waals surface area contributed by atoms with Crippen molar-refractivity contribution in [2.24, 2.45) is 5.73 Å². The van der Waals surface area contributed by atoms with Crippen molar-refractivity contribution in [3.63, 3.8) is 0 Å². The number of nitrogens with one attached hydrogen (secondary N) is 1. The molecule has 2 aromatic carbocycles. The number of para-hydroxylation sites is 1. The van der Waals surface area contributed by atoms with Gasteiger partial charge in [0, 0.05) is 9.13 Å². The zero-order valence-corrected chi connectivity index (χ0v) is 15.1. The van der Waals surface area contributed by atoms with Crippen molar-refractivity contribution in [1.82, 2.24) is 0 Å². The average Bonchev–Trinajstić information content (AvgIpc) is 2.40. The van der Waals surface area contributed by atoms with Crippen molar-refractivity contribution in [3.05, 3.63) is 56.6 Å². The Balaban J connectivity index is 2.39. The summed E-state index contributed by atoms with van der Waals surface area (Å²) >= 11 is 12.9. The summed E-state index contributed by atoms with van der Waals surface area (Å²) < 4.78 is 28.0. The molecule has 0 saturated heterocycles. The topological polar surface area (TPSA) is 72.2 Å². The average molecular weight is 453 g/mol. The van der Waals surface area contributed by atoms with Gasteiger partial charge in [0.25, 0.3) is 10.0 Å². The first-order valence-electron chi connectivity index (χ1n) is 5.68. The first-order valence-corrected chi connectivity index (χ1v) is 9.03. The van der Waals surface area contributed by atoms with Crippen molar-refractivity contribution in [2.45, 2.75) is 4.90 Å². The van der Waals surface area contributed by atoms with Crippen LogP contribution in [0.25, 0.3) is 0 Å². The minimum absolute atomic E-state index is 0.0483. The molecular weight excluding hydrogens is 443 g/mol. The number of hydrogen-bond acceptors (Lipinski definition) is 3. The van der Waals surface area contributed by atoms with Gasteiger partial charge in [0.15, 0.2) is 0 Å². The molecule has 110 valence electrons. The van der Waals surface area contributed by atoms with E-state index in [1.54, 1.807) is 18.2 Å². The van der Waals surface area contributed by atoms with Gasteiger partial charge in [0.1, 0.15) is 4.99 Å². The van der Waals surface area contributed by atoms with E-state index < -0.39 is 10.0 Å². The van der Waals surface area contributed by atoms with E-state index in [1.165, 1.54) is 18.2 Å². The third kappa shape index (κ3) is 3.85. The lowest BCUT2D eigenvalue weighted by Crippen LogP contribution is -2.15. The highest BCUT2D eigenvalue weighted by atomic mass is 127. The van der Waals surface area contributed by atoms with E-state index >= 15 is 0 Å². The molecule has 21 heavy (non-hydrogen) atoms. The fourth-order valence-electron chi connectivity index (χ4n) is 1.61. The van der Waals surface area contributed by atoms with Gasteiger partial charge in [-0.3, -0.25) is 4.72 Å². The minimum atomic E-state index is -3.72. The maximum Gasteiger partial charge on any atom is 0.261 e. The van der Waals surface area contributed by atoms with E-state index in [1.807, 2.05) is 6.07 Å². The van der Waals surface area contributed by atoms with E-state index in [9.17, 15) is 8.42 Å². The molecule has 4 nitrogen and oxygen atoms in total. The number of halogens is 2. The molecule has 0 aromatic heterocycles. The molecule has 0 aliphatic heterocycles. The number of hydrogen-bond donors (Lipinski definition) is 2. The fraction of sp³-hybridized carbons (Fsp3) is 0. The fourth-order valence-corrected chi connectivity index (χ4v) is 4.00. The van der Waals surface area contributed by atoms with E-state index in [-0.39, 0.29) is 14.9 Å². The monoisotopic (exact) mass is 452 g/mol. The predicted octanol–water partition coefficient (Wildman–Crippen LogP) is 3.38. The van der Waals surface area contributed by atoms with Crippen LogP contribution in [0.2, 0.25) is 5.02 Å². The zero-order valence-electron chi connectivity index (χ0n) is 10.5. The molecule has 0 spiro atoms. The summed E-state index contributed by atoms with van der Waals surface area (Å²) in [4.78, 5) is 0.168. The Hall–Kier alpha value is -0.900. The quantitative estimate of drug-likeness (QED) is 0.551. The van der Waals surface area contributed by atoms with Crippen molar-refractivity contribution in [1.29, 1.82) is 0 Å². The molecule has 0 bridgehead atoms. The Labute approximate surface area is 146 Å². The summed E-state index contributed by atoms with van der Waals surface area (Å²) in [7, 11) is -3.72. The van der Waals surface area contributed by atoms with Gasteiger partial charge in [-0.05, 0) is 52.9 Å². The summed E-state index contributed by atoms with van der Waals surface area (Å²) in [5.41, 5.74) is 6.45. The number of anilines is 1. The highest BCUT2D eigenvalue weighted by molar-refractivity contribution is 14.1. The molecule has 0 aliphatic carbocycles. The lowest BCUT2D eigenvalue weighted by atomic mass is 10.2. The Morgan fingerprint density at radius 1 is 1.24 bits per heavy atom. The Kier molecular flexibility index (Phi) is 5.07. The van der Waals surface area contributed by atoms with Crippen LogP contribution in [0.5, 0.6) is 0 Å². The van der Waals surface area contributed by atoms with Crippen LogP contribution >= 0.6 is 46.4 Å². The van der Waals surface area contributed by atoms with Crippen LogP contribution in [0.15, 0.2) is 47.4 Å². The highest BCUT2D eigenvalue weighted by Crippen LogP contribution is 2.24. The normalized spacial score (nSPS) is 11.1. The molecule has 0 heterocycles. The van der Waals surface area contributed by atoms with Crippen LogP contribution in [0, 0.1) is 3.57 Å². The Morgan fingerprint density at radius 3 is 2.48 bits per heavy atom. The zero-order chi connectivity index (χ0) is 15.6. The van der Waals surface area contributed by atoms with Crippen molar-refractivity contribution >= 4 is 67.1 Å².